The summed E-state index contributed by atoms with van der Waals surface area (Å²) in [7, 11) is -3.77. The molecule has 2 aromatic rings. The summed E-state index contributed by atoms with van der Waals surface area (Å²) in [5.74, 6) is -0.498. The van der Waals surface area contributed by atoms with Crippen LogP contribution in [0.15, 0.2) is 60.0 Å². The minimum absolute atomic E-state index is 0.0376. The van der Waals surface area contributed by atoms with Crippen LogP contribution in [0.2, 0.25) is 0 Å². The highest BCUT2D eigenvalue weighted by molar-refractivity contribution is 7.89. The van der Waals surface area contributed by atoms with Crippen molar-refractivity contribution in [3.8, 4) is 5.75 Å². The highest BCUT2D eigenvalue weighted by Crippen LogP contribution is 2.31. The SMILES string of the molecule is C=CC(=O)NCc1ccccc1C(=O)Nc1ccc(OCC)c(S(=O)(=O)N2CCCCC2)c1. The smallest absolute Gasteiger partial charge is 0.256 e. The maximum atomic E-state index is 13.3. The lowest BCUT2D eigenvalue weighted by molar-refractivity contribution is -0.116. The largest absolute Gasteiger partial charge is 0.492 e. The van der Waals surface area contributed by atoms with Gasteiger partial charge in [0.1, 0.15) is 10.6 Å². The van der Waals surface area contributed by atoms with E-state index in [2.05, 4.69) is 17.2 Å². The van der Waals surface area contributed by atoms with Gasteiger partial charge in [0.15, 0.2) is 0 Å². The third kappa shape index (κ3) is 6.00. The summed E-state index contributed by atoms with van der Waals surface area (Å²) >= 11 is 0. The van der Waals surface area contributed by atoms with Crippen molar-refractivity contribution in [3.05, 3.63) is 66.2 Å². The number of sulfonamides is 1. The van der Waals surface area contributed by atoms with E-state index >= 15 is 0 Å². The molecular formula is C24H29N3O5S. The molecule has 0 aliphatic carbocycles. The third-order valence-electron chi connectivity index (χ3n) is 5.33. The molecule has 0 saturated carbocycles. The standard InChI is InChI=1S/C24H29N3O5S/c1-3-23(28)25-17-18-10-6-7-11-20(18)24(29)26-19-12-13-21(32-4-2)22(16-19)33(30,31)27-14-8-5-9-15-27/h3,6-7,10-13,16H,1,4-5,8-9,14-15,17H2,2H3,(H,25,28)(H,26,29). The molecule has 3 rings (SSSR count). The van der Waals surface area contributed by atoms with Gasteiger partial charge in [0, 0.05) is 30.9 Å². The lowest BCUT2D eigenvalue weighted by Gasteiger charge is -2.27. The Bertz CT molecular complexity index is 1120. The Kier molecular flexibility index (Phi) is 8.24. The molecule has 2 amide bonds. The van der Waals surface area contributed by atoms with Crippen LogP contribution in [0, 0.1) is 0 Å². The van der Waals surface area contributed by atoms with Crippen LogP contribution in [0.5, 0.6) is 5.75 Å². The predicted molar refractivity (Wildman–Crippen MR) is 127 cm³/mol. The molecule has 8 nitrogen and oxygen atoms in total. The Morgan fingerprint density at radius 2 is 1.85 bits per heavy atom. The van der Waals surface area contributed by atoms with Gasteiger partial charge in [-0.15, -0.1) is 0 Å². The van der Waals surface area contributed by atoms with Crippen LogP contribution in [-0.2, 0) is 21.4 Å². The first-order valence-electron chi connectivity index (χ1n) is 10.9. The van der Waals surface area contributed by atoms with Crippen molar-refractivity contribution >= 4 is 27.5 Å². The topological polar surface area (TPSA) is 105 Å². The maximum absolute atomic E-state index is 13.3. The molecule has 0 atom stereocenters. The Labute approximate surface area is 194 Å². The lowest BCUT2D eigenvalue weighted by atomic mass is 10.1. The Morgan fingerprint density at radius 1 is 1.12 bits per heavy atom. The molecular weight excluding hydrogens is 442 g/mol. The predicted octanol–water partition coefficient (Wildman–Crippen LogP) is 3.31. The first kappa shape index (κ1) is 24.5. The number of ether oxygens (including phenoxy) is 1. The number of carbonyl (C=O) groups excluding carboxylic acids is 2. The number of nitrogens with one attached hydrogen (secondary N) is 2. The molecule has 1 saturated heterocycles. The Hall–Kier alpha value is -3.17. The summed E-state index contributed by atoms with van der Waals surface area (Å²) in [5.41, 5.74) is 1.33. The van der Waals surface area contributed by atoms with Crippen LogP contribution in [0.3, 0.4) is 0 Å². The minimum Gasteiger partial charge on any atom is -0.492 e. The van der Waals surface area contributed by atoms with Crippen molar-refractivity contribution in [2.45, 2.75) is 37.6 Å². The molecule has 1 aliphatic rings. The van der Waals surface area contributed by atoms with E-state index in [0.717, 1.165) is 25.3 Å². The van der Waals surface area contributed by atoms with Crippen molar-refractivity contribution < 1.29 is 22.7 Å². The summed E-state index contributed by atoms with van der Waals surface area (Å²) in [6, 6.07) is 11.5. The second-order valence-corrected chi connectivity index (χ2v) is 9.50. The van der Waals surface area contributed by atoms with Crippen LogP contribution in [0.4, 0.5) is 5.69 Å². The van der Waals surface area contributed by atoms with E-state index in [-0.39, 0.29) is 23.1 Å². The van der Waals surface area contributed by atoms with Crippen LogP contribution in [0.25, 0.3) is 0 Å². The number of carbonyl (C=O) groups is 2. The molecule has 0 spiro atoms. The van der Waals surface area contributed by atoms with Crippen LogP contribution < -0.4 is 15.4 Å². The van der Waals surface area contributed by atoms with Crippen molar-refractivity contribution in [1.82, 2.24) is 9.62 Å². The number of rotatable bonds is 9. The van der Waals surface area contributed by atoms with Gasteiger partial charge < -0.3 is 15.4 Å². The summed E-state index contributed by atoms with van der Waals surface area (Å²) in [6.07, 6.45) is 3.80. The minimum atomic E-state index is -3.77. The summed E-state index contributed by atoms with van der Waals surface area (Å²) in [5, 5.41) is 5.43. The molecule has 1 fully saturated rings. The highest BCUT2D eigenvalue weighted by Gasteiger charge is 2.29. The van der Waals surface area contributed by atoms with Gasteiger partial charge in [-0.2, -0.15) is 4.31 Å². The van der Waals surface area contributed by atoms with Crippen molar-refractivity contribution in [1.29, 1.82) is 0 Å². The second kappa shape index (κ2) is 11.1. The van der Waals surface area contributed by atoms with Gasteiger partial charge in [-0.05, 0) is 55.7 Å². The van der Waals surface area contributed by atoms with Gasteiger partial charge in [0.2, 0.25) is 15.9 Å². The van der Waals surface area contributed by atoms with E-state index in [1.165, 1.54) is 10.4 Å². The van der Waals surface area contributed by atoms with Crippen molar-refractivity contribution in [2.24, 2.45) is 0 Å². The number of benzene rings is 2. The van der Waals surface area contributed by atoms with Crippen LogP contribution in [-0.4, -0.2) is 44.2 Å². The molecule has 176 valence electrons. The number of hydrogen-bond donors (Lipinski definition) is 2. The van der Waals surface area contributed by atoms with E-state index in [0.29, 0.717) is 36.5 Å². The number of anilines is 1. The fraction of sp³-hybridized carbons (Fsp3) is 0.333. The number of amides is 2. The molecule has 9 heteroatoms. The zero-order valence-electron chi connectivity index (χ0n) is 18.7. The fourth-order valence-corrected chi connectivity index (χ4v) is 5.33. The molecule has 1 aliphatic heterocycles. The lowest BCUT2D eigenvalue weighted by Crippen LogP contribution is -2.35. The molecule has 2 N–H and O–H groups in total. The van der Waals surface area contributed by atoms with Crippen molar-refractivity contribution in [3.63, 3.8) is 0 Å². The first-order chi connectivity index (χ1) is 15.9. The zero-order chi connectivity index (χ0) is 23.8. The van der Waals surface area contributed by atoms with E-state index in [1.807, 2.05) is 0 Å². The quantitative estimate of drug-likeness (QED) is 0.546. The Morgan fingerprint density at radius 3 is 2.55 bits per heavy atom. The Balaban J connectivity index is 1.87. The number of hydrogen-bond acceptors (Lipinski definition) is 5. The van der Waals surface area contributed by atoms with Crippen LogP contribution in [0.1, 0.15) is 42.1 Å². The fourth-order valence-electron chi connectivity index (χ4n) is 3.66. The molecule has 0 radical (unpaired) electrons. The highest BCUT2D eigenvalue weighted by atomic mass is 32.2. The number of piperidine rings is 1. The molecule has 0 unspecified atom stereocenters. The molecule has 0 aromatic heterocycles. The number of nitrogens with zero attached hydrogens (tertiary/aromatic N) is 1. The van der Waals surface area contributed by atoms with Gasteiger partial charge >= 0.3 is 0 Å². The average Bonchev–Trinajstić information content (AvgIpc) is 2.84. The summed E-state index contributed by atoms with van der Waals surface area (Å²) < 4.78 is 33.7. The summed E-state index contributed by atoms with van der Waals surface area (Å²) in [4.78, 5) is 24.5. The van der Waals surface area contributed by atoms with Crippen LogP contribution >= 0.6 is 0 Å². The second-order valence-electron chi connectivity index (χ2n) is 7.59. The van der Waals surface area contributed by atoms with Crippen molar-refractivity contribution in [2.75, 3.05) is 25.0 Å². The molecule has 33 heavy (non-hydrogen) atoms. The van der Waals surface area contributed by atoms with Gasteiger partial charge in [0.05, 0.1) is 6.61 Å². The third-order valence-corrected chi connectivity index (χ3v) is 7.25. The zero-order valence-corrected chi connectivity index (χ0v) is 19.5. The monoisotopic (exact) mass is 471 g/mol. The average molecular weight is 472 g/mol. The van der Waals surface area contributed by atoms with Gasteiger partial charge in [-0.25, -0.2) is 8.42 Å². The normalized spacial score (nSPS) is 14.3. The molecule has 0 bridgehead atoms. The maximum Gasteiger partial charge on any atom is 0.256 e. The van der Waals surface area contributed by atoms with E-state index in [4.69, 9.17) is 4.74 Å². The van der Waals surface area contributed by atoms with Gasteiger partial charge in [0.25, 0.3) is 5.91 Å². The molecule has 1 heterocycles. The first-order valence-corrected chi connectivity index (χ1v) is 12.4. The van der Waals surface area contributed by atoms with E-state index in [1.54, 1.807) is 43.3 Å². The molecule has 2 aromatic carbocycles. The van der Waals surface area contributed by atoms with E-state index < -0.39 is 15.9 Å². The van der Waals surface area contributed by atoms with Gasteiger partial charge in [-0.1, -0.05) is 31.2 Å². The van der Waals surface area contributed by atoms with Gasteiger partial charge in [-0.3, -0.25) is 9.59 Å². The summed E-state index contributed by atoms with van der Waals surface area (Å²) in [6.45, 7) is 6.61. The van der Waals surface area contributed by atoms with E-state index in [9.17, 15) is 18.0 Å².